The highest BCUT2D eigenvalue weighted by Crippen LogP contribution is 2.23. The average Bonchev–Trinajstić information content (AvgIpc) is 2.58. The number of aliphatic hydroxyl groups is 1. The van der Waals surface area contributed by atoms with Crippen molar-refractivity contribution < 1.29 is 19.4 Å². The van der Waals surface area contributed by atoms with E-state index in [-0.39, 0.29) is 0 Å². The molecule has 0 spiro atoms. The van der Waals surface area contributed by atoms with E-state index in [4.69, 9.17) is 5.11 Å². The van der Waals surface area contributed by atoms with Gasteiger partial charge in [0.15, 0.2) is 6.23 Å². The normalized spacial score (nSPS) is 17.6. The average molecular weight is 330 g/mol. The summed E-state index contributed by atoms with van der Waals surface area (Å²) >= 11 is 0. The van der Waals surface area contributed by atoms with Crippen LogP contribution in [0.1, 0.15) is 37.1 Å². The maximum Gasteiger partial charge on any atom is 0.338 e. The van der Waals surface area contributed by atoms with Crippen molar-refractivity contribution in [3.05, 3.63) is 71.1 Å². The van der Waals surface area contributed by atoms with E-state index in [0.29, 0.717) is 12.8 Å². The molecule has 1 aliphatic heterocycles. The Hall–Kier alpha value is -2.73. The number of hydrogen-bond donors (Lipinski definition) is 3. The number of carboxylic acid groups (broad SMARTS) is 1. The summed E-state index contributed by atoms with van der Waals surface area (Å²) in [6, 6.07) is 7.46. The molecular weight excluding hydrogens is 311 g/mol. The summed E-state index contributed by atoms with van der Waals surface area (Å²) in [5, 5.41) is 22.7. The number of carboxylic acids is 1. The summed E-state index contributed by atoms with van der Waals surface area (Å²) in [4.78, 5) is 10.6. The summed E-state index contributed by atoms with van der Waals surface area (Å²) in [6.07, 6.45) is 3.04. The number of aliphatic hydroxyl groups excluding tert-OH is 1. The topological polar surface area (TPSA) is 81.9 Å². The SMILES string of the molecule is C=C(C(=O)O)/C(F)=C\C=C(/C)CCC1=NNC(O)c2ccccc21. The molecule has 1 heterocycles. The second-order valence-electron chi connectivity index (χ2n) is 5.49. The molecule has 6 heteroatoms. The Labute approximate surface area is 139 Å². The molecule has 1 unspecified atom stereocenters. The molecule has 5 nitrogen and oxygen atoms in total. The number of carbonyl (C=O) groups is 1. The van der Waals surface area contributed by atoms with Crippen LogP contribution in [0.15, 0.2) is 65.1 Å². The van der Waals surface area contributed by atoms with Crippen LogP contribution in [0.2, 0.25) is 0 Å². The lowest BCUT2D eigenvalue weighted by Gasteiger charge is -2.22. The van der Waals surface area contributed by atoms with Crippen molar-refractivity contribution in [2.24, 2.45) is 5.10 Å². The van der Waals surface area contributed by atoms with Gasteiger partial charge in [0.25, 0.3) is 0 Å². The first kappa shape index (κ1) is 17.6. The number of rotatable bonds is 6. The molecule has 3 N–H and O–H groups in total. The Bertz CT molecular complexity index is 750. The lowest BCUT2D eigenvalue weighted by molar-refractivity contribution is -0.132. The predicted molar refractivity (Wildman–Crippen MR) is 90.0 cm³/mol. The maximum atomic E-state index is 13.5. The molecule has 0 radical (unpaired) electrons. The van der Waals surface area contributed by atoms with Crippen LogP contribution in [0.25, 0.3) is 0 Å². The number of allylic oxidation sites excluding steroid dienone is 3. The number of nitrogens with one attached hydrogen (secondary N) is 1. The van der Waals surface area contributed by atoms with Gasteiger partial charge in [0.1, 0.15) is 5.83 Å². The number of hydrazone groups is 1. The molecule has 0 amide bonds. The van der Waals surface area contributed by atoms with Crippen LogP contribution in [-0.2, 0) is 4.79 Å². The zero-order chi connectivity index (χ0) is 17.7. The van der Waals surface area contributed by atoms with Gasteiger partial charge < -0.3 is 10.2 Å². The zero-order valence-electron chi connectivity index (χ0n) is 13.3. The zero-order valence-corrected chi connectivity index (χ0v) is 13.3. The maximum absolute atomic E-state index is 13.5. The Morgan fingerprint density at radius 2 is 2.12 bits per heavy atom. The molecule has 1 aromatic carbocycles. The van der Waals surface area contributed by atoms with E-state index in [9.17, 15) is 14.3 Å². The fourth-order valence-corrected chi connectivity index (χ4v) is 2.27. The molecule has 126 valence electrons. The van der Waals surface area contributed by atoms with E-state index >= 15 is 0 Å². The van der Waals surface area contributed by atoms with Gasteiger partial charge in [-0.3, -0.25) is 5.43 Å². The summed E-state index contributed by atoms with van der Waals surface area (Å²) in [7, 11) is 0. The first-order valence-electron chi connectivity index (χ1n) is 7.45. The molecule has 0 aromatic heterocycles. The molecule has 0 fully saturated rings. The van der Waals surface area contributed by atoms with Gasteiger partial charge in [-0.25, -0.2) is 9.18 Å². The highest BCUT2D eigenvalue weighted by atomic mass is 19.1. The van der Waals surface area contributed by atoms with Crippen molar-refractivity contribution >= 4 is 11.7 Å². The van der Waals surface area contributed by atoms with Crippen molar-refractivity contribution in [3.8, 4) is 0 Å². The molecule has 0 aliphatic carbocycles. The van der Waals surface area contributed by atoms with Crippen molar-refractivity contribution in [1.29, 1.82) is 0 Å². The van der Waals surface area contributed by atoms with Gasteiger partial charge in [-0.2, -0.15) is 5.10 Å². The van der Waals surface area contributed by atoms with Gasteiger partial charge in [0, 0.05) is 11.1 Å². The van der Waals surface area contributed by atoms with Gasteiger partial charge >= 0.3 is 5.97 Å². The van der Waals surface area contributed by atoms with Crippen molar-refractivity contribution in [1.82, 2.24) is 5.43 Å². The lowest BCUT2D eigenvalue weighted by Crippen LogP contribution is -2.25. The van der Waals surface area contributed by atoms with Crippen LogP contribution in [0.5, 0.6) is 0 Å². The number of fused-ring (bicyclic) bond motifs is 1. The summed E-state index contributed by atoms with van der Waals surface area (Å²) in [6.45, 7) is 4.98. The number of halogens is 1. The highest BCUT2D eigenvalue weighted by Gasteiger charge is 2.19. The van der Waals surface area contributed by atoms with Crippen LogP contribution < -0.4 is 5.43 Å². The molecule has 24 heavy (non-hydrogen) atoms. The van der Waals surface area contributed by atoms with Gasteiger partial charge in [0.2, 0.25) is 0 Å². The summed E-state index contributed by atoms with van der Waals surface area (Å²) < 4.78 is 13.5. The smallest absolute Gasteiger partial charge is 0.338 e. The molecule has 2 rings (SSSR count). The van der Waals surface area contributed by atoms with Crippen molar-refractivity contribution in [3.63, 3.8) is 0 Å². The number of aliphatic carboxylic acids is 1. The quantitative estimate of drug-likeness (QED) is 0.552. The molecule has 0 bridgehead atoms. The first-order valence-corrected chi connectivity index (χ1v) is 7.45. The minimum Gasteiger partial charge on any atom is -0.478 e. The third-order valence-electron chi connectivity index (χ3n) is 3.70. The largest absolute Gasteiger partial charge is 0.478 e. The lowest BCUT2D eigenvalue weighted by atomic mass is 9.96. The van der Waals surface area contributed by atoms with E-state index in [0.717, 1.165) is 28.5 Å². The summed E-state index contributed by atoms with van der Waals surface area (Å²) in [5.41, 5.74) is 5.43. The van der Waals surface area contributed by atoms with E-state index in [1.807, 2.05) is 31.2 Å². The Morgan fingerprint density at radius 3 is 2.83 bits per heavy atom. The number of hydrogen-bond acceptors (Lipinski definition) is 4. The third kappa shape index (κ3) is 4.17. The van der Waals surface area contributed by atoms with Crippen LogP contribution in [-0.4, -0.2) is 21.9 Å². The molecule has 1 aliphatic rings. The van der Waals surface area contributed by atoms with E-state index in [1.165, 1.54) is 6.08 Å². The monoisotopic (exact) mass is 330 g/mol. The van der Waals surface area contributed by atoms with Gasteiger partial charge in [0.05, 0.1) is 11.3 Å². The van der Waals surface area contributed by atoms with Crippen molar-refractivity contribution in [2.75, 3.05) is 0 Å². The standard InChI is InChI=1S/C18H19FN2O3/c1-11(7-9-15(19)12(2)18(23)24)8-10-16-13-5-3-4-6-14(13)17(22)21-20-16/h3-7,9,17,21-22H,2,8,10H2,1H3,(H,23,24)/b11-7+,15-9+. The minimum absolute atomic E-state index is 0.567. The van der Waals surface area contributed by atoms with Gasteiger partial charge in [-0.1, -0.05) is 42.5 Å². The predicted octanol–water partition coefficient (Wildman–Crippen LogP) is 3.21. The van der Waals surface area contributed by atoms with Crippen molar-refractivity contribution in [2.45, 2.75) is 26.0 Å². The Balaban J connectivity index is 2.03. The highest BCUT2D eigenvalue weighted by molar-refractivity contribution is 6.02. The van der Waals surface area contributed by atoms with E-state index < -0.39 is 23.6 Å². The van der Waals surface area contributed by atoms with Crippen LogP contribution in [0.3, 0.4) is 0 Å². The minimum atomic E-state index is -1.38. The van der Waals surface area contributed by atoms with Gasteiger partial charge in [-0.05, 0) is 25.8 Å². The fraction of sp³-hybridized carbons (Fsp3) is 0.222. The fourth-order valence-electron chi connectivity index (χ4n) is 2.27. The van der Waals surface area contributed by atoms with Crippen LogP contribution in [0, 0.1) is 0 Å². The molecular formula is C18H19FN2O3. The molecule has 0 saturated heterocycles. The molecule has 1 aromatic rings. The van der Waals surface area contributed by atoms with Crippen LogP contribution in [0.4, 0.5) is 4.39 Å². The van der Waals surface area contributed by atoms with Gasteiger partial charge in [-0.15, -0.1) is 0 Å². The summed E-state index contributed by atoms with van der Waals surface area (Å²) in [5.74, 6) is -2.25. The first-order chi connectivity index (χ1) is 11.4. The molecule has 1 atom stereocenters. The third-order valence-corrected chi connectivity index (χ3v) is 3.70. The second-order valence-corrected chi connectivity index (χ2v) is 5.49. The van der Waals surface area contributed by atoms with Crippen LogP contribution >= 0.6 is 0 Å². The number of benzene rings is 1. The number of nitrogens with zero attached hydrogens (tertiary/aromatic N) is 1. The Morgan fingerprint density at radius 1 is 1.42 bits per heavy atom. The van der Waals surface area contributed by atoms with E-state index in [2.05, 4.69) is 17.1 Å². The van der Waals surface area contributed by atoms with E-state index in [1.54, 1.807) is 0 Å². The second kappa shape index (κ2) is 7.70. The molecule has 0 saturated carbocycles. The Kier molecular flexibility index (Phi) is 5.65.